The third kappa shape index (κ3) is 88.4. The van der Waals surface area contributed by atoms with Gasteiger partial charge in [-0.25, -0.2) is 0 Å². The summed E-state index contributed by atoms with van der Waals surface area (Å²) >= 11 is 0. The number of carboxylic acids is 2. The van der Waals surface area contributed by atoms with Gasteiger partial charge in [0.15, 0.2) is 0 Å². The highest BCUT2D eigenvalue weighted by Gasteiger charge is 1.99. The van der Waals surface area contributed by atoms with E-state index in [1.807, 2.05) is 27.7 Å². The number of hydrogen-bond donors (Lipinski definition) is 2. The third-order valence-electron chi connectivity index (χ3n) is 1.03. The first-order valence-electron chi connectivity index (χ1n) is 5.77. The molecule has 0 heterocycles. The number of carboxylic acid groups (broad SMARTS) is 2. The van der Waals surface area contributed by atoms with Gasteiger partial charge in [0.1, 0.15) is 0 Å². The van der Waals surface area contributed by atoms with Crippen LogP contribution in [0.25, 0.3) is 0 Å². The number of allylic oxidation sites excluding steroid dienone is 2. The zero-order chi connectivity index (χ0) is 15.1. The summed E-state index contributed by atoms with van der Waals surface area (Å²) in [6.07, 6.45) is 1.02. The summed E-state index contributed by atoms with van der Waals surface area (Å²) < 4.78 is 0. The molecule has 0 aliphatic rings. The van der Waals surface area contributed by atoms with Crippen LogP contribution in [0.1, 0.15) is 53.4 Å². The molecular formula is C14H26O4. The smallest absolute Gasteiger partial charge is 0.303 e. The molecule has 2 N–H and O–H groups in total. The molecule has 4 nitrogen and oxygen atoms in total. The lowest BCUT2D eigenvalue weighted by Crippen LogP contribution is -1.97. The minimum atomic E-state index is -0.870. The molecule has 0 fully saturated rings. The van der Waals surface area contributed by atoms with E-state index in [1.54, 1.807) is 0 Å². The van der Waals surface area contributed by atoms with Gasteiger partial charge >= 0.3 is 11.9 Å². The van der Waals surface area contributed by atoms with Crippen LogP contribution in [-0.4, -0.2) is 22.2 Å². The van der Waals surface area contributed by atoms with Gasteiger partial charge in [0.2, 0.25) is 0 Å². The van der Waals surface area contributed by atoms with Crippen LogP contribution in [0.2, 0.25) is 0 Å². The van der Waals surface area contributed by atoms with E-state index in [2.05, 4.69) is 13.2 Å². The first-order chi connectivity index (χ1) is 8.09. The van der Waals surface area contributed by atoms with E-state index in [9.17, 15) is 9.59 Å². The van der Waals surface area contributed by atoms with Gasteiger partial charge in [-0.3, -0.25) is 9.59 Å². The van der Waals surface area contributed by atoms with Gasteiger partial charge in [-0.05, 0) is 40.5 Å². The van der Waals surface area contributed by atoms with Crippen LogP contribution in [0.4, 0.5) is 0 Å². The molecule has 0 atom stereocenters. The van der Waals surface area contributed by atoms with Crippen molar-refractivity contribution in [3.05, 3.63) is 24.3 Å². The van der Waals surface area contributed by atoms with Crippen molar-refractivity contribution in [3.8, 4) is 0 Å². The van der Waals surface area contributed by atoms with E-state index in [4.69, 9.17) is 10.2 Å². The molecule has 0 unspecified atom stereocenters. The Kier molecular flexibility index (Phi) is 18.6. The predicted molar refractivity (Wildman–Crippen MR) is 74.7 cm³/mol. The average Bonchev–Trinajstić information content (AvgIpc) is 2.09. The third-order valence-corrected chi connectivity index (χ3v) is 1.03. The van der Waals surface area contributed by atoms with Crippen LogP contribution in [0.15, 0.2) is 24.3 Å². The maximum atomic E-state index is 9.90. The predicted octanol–water partition coefficient (Wildman–Crippen LogP) is 3.88. The maximum absolute atomic E-state index is 9.90. The lowest BCUT2D eigenvalue weighted by molar-refractivity contribution is -0.139. The largest absolute Gasteiger partial charge is 0.481 e. The van der Waals surface area contributed by atoms with Crippen molar-refractivity contribution in [2.45, 2.75) is 53.4 Å². The summed E-state index contributed by atoms with van der Waals surface area (Å²) in [4.78, 5) is 19.8. The quantitative estimate of drug-likeness (QED) is 0.579. The van der Waals surface area contributed by atoms with Crippen molar-refractivity contribution >= 4 is 11.9 Å². The molecule has 0 aromatic carbocycles. The van der Waals surface area contributed by atoms with Crippen LogP contribution >= 0.6 is 0 Å². The van der Waals surface area contributed by atoms with Gasteiger partial charge in [0.05, 0.1) is 0 Å². The number of rotatable bonds is 5. The topological polar surface area (TPSA) is 74.6 Å². The summed E-state index contributed by atoms with van der Waals surface area (Å²) in [7, 11) is 0. The molecule has 0 spiro atoms. The fraction of sp³-hybridized carbons (Fsp3) is 0.571. The van der Waals surface area contributed by atoms with Gasteiger partial charge in [-0.2, -0.15) is 0 Å². The van der Waals surface area contributed by atoms with E-state index in [0.717, 1.165) is 0 Å². The van der Waals surface area contributed by atoms with Gasteiger partial charge in [-0.1, -0.05) is 11.1 Å². The number of hydrogen-bond acceptors (Lipinski definition) is 2. The standard InChI is InChI=1S/C6H10O4.2C4H8/c7-5(8)3-1-2-4-6(9)10;2*1-4(2)3/h1-4H2,(H,7,8)(H,9,10);2*1H2,2-3H3. The van der Waals surface area contributed by atoms with Crippen molar-refractivity contribution in [1.29, 1.82) is 0 Å². The Bertz CT molecular complexity index is 231. The van der Waals surface area contributed by atoms with Crippen LogP contribution < -0.4 is 0 Å². The molecule has 0 aliphatic carbocycles. The van der Waals surface area contributed by atoms with E-state index in [-0.39, 0.29) is 12.8 Å². The minimum Gasteiger partial charge on any atom is -0.481 e. The van der Waals surface area contributed by atoms with Gasteiger partial charge in [-0.15, -0.1) is 13.2 Å². The molecule has 0 aromatic heterocycles. The van der Waals surface area contributed by atoms with Gasteiger partial charge in [0.25, 0.3) is 0 Å². The van der Waals surface area contributed by atoms with Crippen molar-refractivity contribution in [1.82, 2.24) is 0 Å². The molecule has 0 radical (unpaired) electrons. The Morgan fingerprint density at radius 1 is 0.778 bits per heavy atom. The first kappa shape index (κ1) is 21.7. The highest BCUT2D eigenvalue weighted by Crippen LogP contribution is 1.98. The molecule has 0 rings (SSSR count). The molecule has 4 heteroatoms. The molecule has 106 valence electrons. The summed E-state index contributed by atoms with van der Waals surface area (Å²) in [5, 5.41) is 16.3. The summed E-state index contributed by atoms with van der Waals surface area (Å²) in [6, 6.07) is 0. The Morgan fingerprint density at radius 2 is 0.944 bits per heavy atom. The first-order valence-corrected chi connectivity index (χ1v) is 5.77. The Balaban J connectivity index is -0.000000233. The Hall–Kier alpha value is -1.58. The maximum Gasteiger partial charge on any atom is 0.303 e. The molecular weight excluding hydrogens is 232 g/mol. The van der Waals surface area contributed by atoms with Crippen molar-refractivity contribution < 1.29 is 19.8 Å². The lowest BCUT2D eigenvalue weighted by Gasteiger charge is -1.92. The monoisotopic (exact) mass is 258 g/mol. The van der Waals surface area contributed by atoms with E-state index in [0.29, 0.717) is 12.8 Å². The summed E-state index contributed by atoms with van der Waals surface area (Å²) in [6.45, 7) is 15.0. The Morgan fingerprint density at radius 3 is 1.06 bits per heavy atom. The van der Waals surface area contributed by atoms with Crippen molar-refractivity contribution in [3.63, 3.8) is 0 Å². The second kappa shape index (κ2) is 15.4. The molecule has 0 saturated heterocycles. The minimum absolute atomic E-state index is 0.0628. The van der Waals surface area contributed by atoms with Crippen molar-refractivity contribution in [2.24, 2.45) is 0 Å². The van der Waals surface area contributed by atoms with Gasteiger partial charge < -0.3 is 10.2 Å². The van der Waals surface area contributed by atoms with Crippen LogP contribution in [0.5, 0.6) is 0 Å². The zero-order valence-corrected chi connectivity index (χ0v) is 12.0. The molecule has 18 heavy (non-hydrogen) atoms. The number of aliphatic carboxylic acids is 2. The van der Waals surface area contributed by atoms with E-state index < -0.39 is 11.9 Å². The molecule has 0 bridgehead atoms. The molecule has 0 amide bonds. The van der Waals surface area contributed by atoms with E-state index >= 15 is 0 Å². The molecule has 0 aliphatic heterocycles. The highest BCUT2D eigenvalue weighted by atomic mass is 16.4. The van der Waals surface area contributed by atoms with Crippen LogP contribution in [0.3, 0.4) is 0 Å². The molecule has 0 saturated carbocycles. The van der Waals surface area contributed by atoms with Crippen LogP contribution in [0, 0.1) is 0 Å². The molecule has 0 aromatic rings. The highest BCUT2D eigenvalue weighted by molar-refractivity contribution is 5.67. The second-order valence-electron chi connectivity index (χ2n) is 4.41. The second-order valence-corrected chi connectivity index (χ2v) is 4.41. The van der Waals surface area contributed by atoms with E-state index in [1.165, 1.54) is 11.1 Å². The van der Waals surface area contributed by atoms with Gasteiger partial charge in [0, 0.05) is 12.8 Å². The number of carbonyl (C=O) groups is 2. The summed E-state index contributed by atoms with van der Waals surface area (Å²) in [5.41, 5.74) is 2.33. The zero-order valence-electron chi connectivity index (χ0n) is 12.0. The average molecular weight is 258 g/mol. The normalized spacial score (nSPS) is 8.00. The SMILES string of the molecule is C=C(C)C.C=C(C)C.O=C(O)CCCCC(=O)O. The Labute approximate surface area is 110 Å². The fourth-order valence-electron chi connectivity index (χ4n) is 0.552. The van der Waals surface area contributed by atoms with Crippen LogP contribution in [-0.2, 0) is 9.59 Å². The summed E-state index contributed by atoms with van der Waals surface area (Å²) in [5.74, 6) is -1.74. The lowest BCUT2D eigenvalue weighted by atomic mass is 10.2. The van der Waals surface area contributed by atoms with Crippen molar-refractivity contribution in [2.75, 3.05) is 0 Å². The number of unbranched alkanes of at least 4 members (excludes halogenated alkanes) is 1. The fourth-order valence-corrected chi connectivity index (χ4v) is 0.552.